The summed E-state index contributed by atoms with van der Waals surface area (Å²) in [4.78, 5) is 25.3. The number of aryl methyl sites for hydroxylation is 1. The van der Waals surface area contributed by atoms with Crippen LogP contribution in [0.1, 0.15) is 59.2 Å². The Morgan fingerprint density at radius 3 is 2.38 bits per heavy atom. The molecule has 0 saturated heterocycles. The largest absolute Gasteiger partial charge is 0.507 e. The van der Waals surface area contributed by atoms with Crippen LogP contribution in [0.15, 0.2) is 65.6 Å². The van der Waals surface area contributed by atoms with E-state index in [-0.39, 0.29) is 47.5 Å². The number of methoxy groups -OCH3 is 1. The first kappa shape index (κ1) is 29.1. The number of sulfonamides is 1. The molecule has 4 rings (SSSR count). The molecule has 212 valence electrons. The van der Waals surface area contributed by atoms with Gasteiger partial charge in [0, 0.05) is 18.1 Å². The van der Waals surface area contributed by atoms with E-state index < -0.39 is 16.0 Å². The molecule has 1 fully saturated rings. The molecule has 0 heterocycles. The molecule has 0 aliphatic heterocycles. The summed E-state index contributed by atoms with van der Waals surface area (Å²) >= 11 is 0. The standard InChI is InChI=1S/C30H33NO8S/c1-31-40(35,36)25-12-7-20(8-13-25)19-38-28-15-9-22(17-21(28)10-16-29(33)37-2)30(34)26-14-11-24(18-27(26)32)39-23-5-3-4-6-23/h7-9,11-15,17-18,23,31-32H,3-6,10,16,19H2,1-2H3. The number of aromatic hydroxyl groups is 1. The number of carbonyl (C=O) groups excluding carboxylic acids is 2. The topological polar surface area (TPSA) is 128 Å². The van der Waals surface area contributed by atoms with Gasteiger partial charge in [0.15, 0.2) is 5.78 Å². The van der Waals surface area contributed by atoms with Crippen LogP contribution in [0.25, 0.3) is 0 Å². The fraction of sp³-hybridized carbons (Fsp3) is 0.333. The Labute approximate surface area is 234 Å². The van der Waals surface area contributed by atoms with Gasteiger partial charge in [-0.25, -0.2) is 13.1 Å². The Bertz CT molecular complexity index is 1460. The normalized spacial score (nSPS) is 13.7. The lowest BCUT2D eigenvalue weighted by molar-refractivity contribution is -0.140. The summed E-state index contributed by atoms with van der Waals surface area (Å²) in [7, 11) is -0.893. The molecule has 10 heteroatoms. The van der Waals surface area contributed by atoms with E-state index in [4.69, 9.17) is 14.2 Å². The molecule has 0 unspecified atom stereocenters. The Kier molecular flexibility index (Phi) is 9.44. The third kappa shape index (κ3) is 7.19. The highest BCUT2D eigenvalue weighted by Gasteiger charge is 2.20. The Hall–Kier alpha value is -3.89. The third-order valence-corrected chi connectivity index (χ3v) is 8.29. The minimum atomic E-state index is -3.55. The van der Waals surface area contributed by atoms with Crippen molar-refractivity contribution >= 4 is 21.8 Å². The molecule has 0 atom stereocenters. The van der Waals surface area contributed by atoms with Crippen molar-refractivity contribution in [2.45, 2.75) is 56.1 Å². The van der Waals surface area contributed by atoms with Crippen LogP contribution in [0, 0.1) is 0 Å². The van der Waals surface area contributed by atoms with E-state index in [0.29, 0.717) is 22.6 Å². The van der Waals surface area contributed by atoms with Crippen molar-refractivity contribution in [2.75, 3.05) is 14.2 Å². The van der Waals surface area contributed by atoms with Gasteiger partial charge in [0.1, 0.15) is 23.9 Å². The number of hydrogen-bond acceptors (Lipinski definition) is 8. The summed E-state index contributed by atoms with van der Waals surface area (Å²) in [6, 6.07) is 15.9. The zero-order valence-electron chi connectivity index (χ0n) is 22.5. The van der Waals surface area contributed by atoms with Crippen molar-refractivity contribution in [1.82, 2.24) is 4.72 Å². The highest BCUT2D eigenvalue weighted by Crippen LogP contribution is 2.31. The number of benzene rings is 3. The van der Waals surface area contributed by atoms with E-state index in [1.165, 1.54) is 32.4 Å². The molecule has 1 aliphatic rings. The number of esters is 1. The molecular weight excluding hydrogens is 534 g/mol. The van der Waals surface area contributed by atoms with Crippen molar-refractivity contribution in [1.29, 1.82) is 0 Å². The molecule has 2 N–H and O–H groups in total. The predicted octanol–water partition coefficient (Wildman–Crippen LogP) is 4.54. The number of nitrogens with one attached hydrogen (secondary N) is 1. The number of hydrogen-bond donors (Lipinski definition) is 2. The number of ketones is 1. The number of phenolic OH excluding ortho intramolecular Hbond substituents is 1. The van der Waals surface area contributed by atoms with Crippen LogP contribution in [-0.2, 0) is 32.6 Å². The van der Waals surface area contributed by atoms with E-state index in [9.17, 15) is 23.1 Å². The first-order valence-electron chi connectivity index (χ1n) is 13.1. The zero-order valence-corrected chi connectivity index (χ0v) is 23.3. The van der Waals surface area contributed by atoms with E-state index in [1.54, 1.807) is 42.5 Å². The molecule has 40 heavy (non-hydrogen) atoms. The minimum absolute atomic E-state index is 0.0829. The lowest BCUT2D eigenvalue weighted by Crippen LogP contribution is -2.18. The lowest BCUT2D eigenvalue weighted by Gasteiger charge is -2.15. The van der Waals surface area contributed by atoms with E-state index in [1.807, 2.05) is 0 Å². The SMILES string of the molecule is CNS(=O)(=O)c1ccc(COc2ccc(C(=O)c3ccc(OC4CCCC4)cc3O)cc2CCC(=O)OC)cc1. The van der Waals surface area contributed by atoms with Gasteiger partial charge in [-0.1, -0.05) is 12.1 Å². The lowest BCUT2D eigenvalue weighted by atomic mass is 9.98. The summed E-state index contributed by atoms with van der Waals surface area (Å²) in [6.07, 6.45) is 4.69. The third-order valence-electron chi connectivity index (χ3n) is 6.86. The smallest absolute Gasteiger partial charge is 0.305 e. The second-order valence-electron chi connectivity index (χ2n) is 9.57. The number of phenols is 1. The summed E-state index contributed by atoms with van der Waals surface area (Å²) in [6.45, 7) is 0.141. The Morgan fingerprint density at radius 1 is 1.00 bits per heavy atom. The fourth-order valence-corrected chi connectivity index (χ4v) is 5.30. The zero-order chi connectivity index (χ0) is 28.7. The van der Waals surface area contributed by atoms with Crippen molar-refractivity contribution in [2.24, 2.45) is 0 Å². The predicted molar refractivity (Wildman–Crippen MR) is 148 cm³/mol. The van der Waals surface area contributed by atoms with E-state index >= 15 is 0 Å². The van der Waals surface area contributed by atoms with Crippen molar-refractivity contribution in [3.8, 4) is 17.2 Å². The van der Waals surface area contributed by atoms with Gasteiger partial charge < -0.3 is 19.3 Å². The molecule has 1 saturated carbocycles. The van der Waals surface area contributed by atoms with E-state index in [2.05, 4.69) is 4.72 Å². The average Bonchev–Trinajstić information content (AvgIpc) is 3.48. The number of ether oxygens (including phenoxy) is 3. The second kappa shape index (κ2) is 13.0. The van der Waals surface area contributed by atoms with Gasteiger partial charge in [-0.05, 0) is 92.7 Å². The summed E-state index contributed by atoms with van der Waals surface area (Å²) < 4.78 is 42.9. The maximum Gasteiger partial charge on any atom is 0.305 e. The molecule has 0 aromatic heterocycles. The van der Waals surface area contributed by atoms with Crippen LogP contribution in [-0.4, -0.2) is 45.5 Å². The van der Waals surface area contributed by atoms with Crippen LogP contribution in [0.2, 0.25) is 0 Å². The van der Waals surface area contributed by atoms with Gasteiger partial charge in [-0.2, -0.15) is 0 Å². The van der Waals surface area contributed by atoms with E-state index in [0.717, 1.165) is 31.2 Å². The minimum Gasteiger partial charge on any atom is -0.507 e. The van der Waals surface area contributed by atoms with Crippen molar-refractivity contribution < 1.29 is 37.3 Å². The van der Waals surface area contributed by atoms with Crippen molar-refractivity contribution in [3.63, 3.8) is 0 Å². The maximum absolute atomic E-state index is 13.3. The molecule has 3 aromatic carbocycles. The molecule has 9 nitrogen and oxygen atoms in total. The molecule has 0 bridgehead atoms. The van der Waals surface area contributed by atoms with Crippen LogP contribution in [0.4, 0.5) is 0 Å². The summed E-state index contributed by atoms with van der Waals surface area (Å²) in [5.74, 6) is 0.0502. The van der Waals surface area contributed by atoms with Crippen LogP contribution >= 0.6 is 0 Å². The molecule has 3 aromatic rings. The molecule has 0 radical (unpaired) electrons. The van der Waals surface area contributed by atoms with Gasteiger partial charge in [-0.15, -0.1) is 0 Å². The number of rotatable bonds is 12. The first-order valence-corrected chi connectivity index (χ1v) is 14.6. The highest BCUT2D eigenvalue weighted by molar-refractivity contribution is 7.89. The Balaban J connectivity index is 1.52. The van der Waals surface area contributed by atoms with Crippen LogP contribution < -0.4 is 14.2 Å². The summed E-state index contributed by atoms with van der Waals surface area (Å²) in [5, 5.41) is 10.6. The van der Waals surface area contributed by atoms with Gasteiger partial charge in [0.05, 0.1) is 23.7 Å². The monoisotopic (exact) mass is 567 g/mol. The van der Waals surface area contributed by atoms with Gasteiger partial charge in [0.25, 0.3) is 0 Å². The first-order chi connectivity index (χ1) is 19.2. The molecule has 1 aliphatic carbocycles. The second-order valence-corrected chi connectivity index (χ2v) is 11.5. The maximum atomic E-state index is 13.3. The van der Waals surface area contributed by atoms with Gasteiger partial charge in [0.2, 0.25) is 10.0 Å². The summed E-state index contributed by atoms with van der Waals surface area (Å²) in [5.41, 5.74) is 1.82. The van der Waals surface area contributed by atoms with Crippen LogP contribution in [0.3, 0.4) is 0 Å². The molecule has 0 spiro atoms. The highest BCUT2D eigenvalue weighted by atomic mass is 32.2. The Morgan fingerprint density at radius 2 is 1.73 bits per heavy atom. The van der Waals surface area contributed by atoms with Crippen molar-refractivity contribution in [3.05, 3.63) is 82.9 Å². The molecule has 0 amide bonds. The number of carbonyl (C=O) groups is 2. The quantitative estimate of drug-likeness (QED) is 0.241. The van der Waals surface area contributed by atoms with Gasteiger partial charge in [-0.3, -0.25) is 9.59 Å². The average molecular weight is 568 g/mol. The molecular formula is C30H33NO8S. The van der Waals surface area contributed by atoms with Gasteiger partial charge >= 0.3 is 5.97 Å². The fourth-order valence-electron chi connectivity index (χ4n) is 4.57. The van der Waals surface area contributed by atoms with Crippen LogP contribution in [0.5, 0.6) is 17.2 Å².